The molecule has 1 N–H and O–H groups in total. The van der Waals surface area contributed by atoms with Crippen molar-refractivity contribution in [3.05, 3.63) is 112 Å². The zero-order chi connectivity index (χ0) is 21.2. The summed E-state index contributed by atoms with van der Waals surface area (Å²) in [4.78, 5) is 22.3. The number of ether oxygens (including phenoxy) is 1. The van der Waals surface area contributed by atoms with Crippen LogP contribution in [0.2, 0.25) is 0 Å². The van der Waals surface area contributed by atoms with Gasteiger partial charge < -0.3 is 4.74 Å². The minimum atomic E-state index is -0.501. The topological polar surface area (TPSA) is 93.8 Å². The minimum Gasteiger partial charge on any atom is -0.484 e. The maximum atomic E-state index is 12.1. The predicted molar refractivity (Wildman–Crippen MR) is 115 cm³/mol. The first-order valence-corrected chi connectivity index (χ1v) is 9.14. The molecule has 0 unspecified atom stereocenters. The molecule has 0 radical (unpaired) electrons. The number of hydrogen-bond donors (Lipinski definition) is 1. The van der Waals surface area contributed by atoms with Crippen LogP contribution >= 0.6 is 0 Å². The fourth-order valence-corrected chi connectivity index (χ4v) is 2.51. The average molecular weight is 401 g/mol. The highest BCUT2D eigenvalue weighted by atomic mass is 16.6. The highest BCUT2D eigenvalue weighted by Gasteiger charge is 2.07. The quantitative estimate of drug-likeness (QED) is 0.348. The van der Waals surface area contributed by atoms with Gasteiger partial charge in [0.05, 0.1) is 10.6 Å². The van der Waals surface area contributed by atoms with Crippen molar-refractivity contribution in [2.24, 2.45) is 5.10 Å². The first-order valence-electron chi connectivity index (χ1n) is 9.14. The Kier molecular flexibility index (Phi) is 7.05. The lowest BCUT2D eigenvalue weighted by Crippen LogP contribution is -2.25. The maximum absolute atomic E-state index is 12.1. The lowest BCUT2D eigenvalue weighted by atomic mass is 10.1. The van der Waals surface area contributed by atoms with Gasteiger partial charge in [0.1, 0.15) is 5.75 Å². The molecular weight excluding hydrogens is 382 g/mol. The Hall–Kier alpha value is -4.26. The van der Waals surface area contributed by atoms with Crippen molar-refractivity contribution in [1.29, 1.82) is 0 Å². The van der Waals surface area contributed by atoms with Gasteiger partial charge in [-0.25, -0.2) is 5.43 Å². The van der Waals surface area contributed by atoms with E-state index >= 15 is 0 Å². The van der Waals surface area contributed by atoms with Gasteiger partial charge in [0.25, 0.3) is 11.6 Å². The number of amides is 1. The number of nitro groups is 1. The van der Waals surface area contributed by atoms with Gasteiger partial charge >= 0.3 is 0 Å². The van der Waals surface area contributed by atoms with E-state index in [9.17, 15) is 14.9 Å². The van der Waals surface area contributed by atoms with E-state index in [1.807, 2.05) is 72.8 Å². The molecule has 0 spiro atoms. The van der Waals surface area contributed by atoms with E-state index in [0.717, 1.165) is 11.1 Å². The normalized spacial score (nSPS) is 11.3. The van der Waals surface area contributed by atoms with Gasteiger partial charge in [-0.1, -0.05) is 66.7 Å². The summed E-state index contributed by atoms with van der Waals surface area (Å²) < 4.78 is 5.35. The fraction of sp³-hybridized carbons (Fsp3) is 0.0435. The zero-order valence-electron chi connectivity index (χ0n) is 16.0. The molecule has 150 valence electrons. The van der Waals surface area contributed by atoms with Crippen LogP contribution < -0.4 is 10.2 Å². The number of non-ortho nitro benzene ring substituents is 1. The number of carbonyl (C=O) groups excluding carboxylic acids is 1. The van der Waals surface area contributed by atoms with Crippen molar-refractivity contribution < 1.29 is 14.5 Å². The molecule has 0 saturated heterocycles. The Labute approximate surface area is 173 Å². The zero-order valence-corrected chi connectivity index (χ0v) is 16.0. The molecule has 3 rings (SSSR count). The second kappa shape index (κ2) is 10.3. The number of nitrogens with one attached hydrogen (secondary N) is 1. The van der Waals surface area contributed by atoms with E-state index < -0.39 is 10.8 Å². The molecule has 0 aliphatic carbocycles. The minimum absolute atomic E-state index is 0.0471. The summed E-state index contributed by atoms with van der Waals surface area (Å²) in [5.74, 6) is -0.0955. The van der Waals surface area contributed by atoms with Gasteiger partial charge in [0, 0.05) is 17.7 Å². The van der Waals surface area contributed by atoms with Crippen molar-refractivity contribution in [3.63, 3.8) is 0 Å². The Morgan fingerprint density at radius 2 is 1.60 bits per heavy atom. The second-order valence-electron chi connectivity index (χ2n) is 6.18. The number of carbonyl (C=O) groups is 1. The highest BCUT2D eigenvalue weighted by Crippen LogP contribution is 2.17. The van der Waals surface area contributed by atoms with Crippen LogP contribution in [-0.4, -0.2) is 23.1 Å². The molecule has 1 amide bonds. The monoisotopic (exact) mass is 401 g/mol. The molecule has 0 saturated carbocycles. The van der Waals surface area contributed by atoms with E-state index in [2.05, 4.69) is 10.5 Å². The van der Waals surface area contributed by atoms with Crippen LogP contribution in [0.15, 0.2) is 96.1 Å². The lowest BCUT2D eigenvalue weighted by Gasteiger charge is -2.06. The molecule has 7 heteroatoms. The van der Waals surface area contributed by atoms with Crippen molar-refractivity contribution in [1.82, 2.24) is 5.43 Å². The second-order valence-corrected chi connectivity index (χ2v) is 6.18. The SMILES string of the molecule is O=C(COc1ccc([N+](=O)[O-])cc1)N/N=C(/C=C/c1ccccc1)c1ccccc1. The summed E-state index contributed by atoms with van der Waals surface area (Å²) >= 11 is 0. The largest absolute Gasteiger partial charge is 0.484 e. The standard InChI is InChI=1S/C23H19N3O4/c27-23(17-30-21-14-12-20(13-15-21)26(28)29)25-24-22(19-9-5-2-6-10-19)16-11-18-7-3-1-4-8-18/h1-16H,17H2,(H,25,27)/b16-11+,24-22-. The number of hydrazone groups is 1. The number of allylic oxidation sites excluding steroid dienone is 1. The molecular formula is C23H19N3O4. The van der Waals surface area contributed by atoms with Crippen LogP contribution in [0.25, 0.3) is 6.08 Å². The molecule has 3 aromatic rings. The fourth-order valence-electron chi connectivity index (χ4n) is 2.51. The number of nitrogens with zero attached hydrogens (tertiary/aromatic N) is 2. The third kappa shape index (κ3) is 6.13. The molecule has 0 aliphatic rings. The Balaban J connectivity index is 1.65. The van der Waals surface area contributed by atoms with Crippen LogP contribution in [0.5, 0.6) is 5.75 Å². The molecule has 3 aromatic carbocycles. The molecule has 0 aromatic heterocycles. The van der Waals surface area contributed by atoms with Gasteiger partial charge in [-0.05, 0) is 23.8 Å². The first kappa shape index (κ1) is 20.5. The van der Waals surface area contributed by atoms with Crippen LogP contribution in [-0.2, 0) is 4.79 Å². The van der Waals surface area contributed by atoms with Crippen molar-refractivity contribution in [3.8, 4) is 5.75 Å². The van der Waals surface area contributed by atoms with Gasteiger partial charge in [0.15, 0.2) is 6.61 Å². The van der Waals surface area contributed by atoms with Crippen molar-refractivity contribution >= 4 is 23.4 Å². The van der Waals surface area contributed by atoms with E-state index in [0.29, 0.717) is 11.5 Å². The van der Waals surface area contributed by atoms with Crippen LogP contribution in [0, 0.1) is 10.1 Å². The Morgan fingerprint density at radius 3 is 2.23 bits per heavy atom. The summed E-state index contributed by atoms with van der Waals surface area (Å²) in [6.45, 7) is -0.272. The molecule has 0 atom stereocenters. The first-order chi connectivity index (χ1) is 14.6. The van der Waals surface area contributed by atoms with Gasteiger partial charge in [-0.2, -0.15) is 5.10 Å². The summed E-state index contributed by atoms with van der Waals surface area (Å²) in [7, 11) is 0. The van der Waals surface area contributed by atoms with E-state index in [-0.39, 0.29) is 12.3 Å². The molecule has 7 nitrogen and oxygen atoms in total. The summed E-state index contributed by atoms with van der Waals surface area (Å²) in [6.07, 6.45) is 3.73. The lowest BCUT2D eigenvalue weighted by molar-refractivity contribution is -0.384. The number of nitro benzene ring substituents is 1. The van der Waals surface area contributed by atoms with Crippen molar-refractivity contribution in [2.45, 2.75) is 0 Å². The van der Waals surface area contributed by atoms with E-state index in [1.54, 1.807) is 0 Å². The summed E-state index contributed by atoms with van der Waals surface area (Å²) in [6, 6.07) is 24.7. The number of rotatable bonds is 8. The molecule has 0 fully saturated rings. The Morgan fingerprint density at radius 1 is 0.967 bits per heavy atom. The number of hydrogen-bond acceptors (Lipinski definition) is 5. The highest BCUT2D eigenvalue weighted by molar-refractivity contribution is 6.11. The summed E-state index contributed by atoms with van der Waals surface area (Å²) in [5, 5.41) is 14.9. The third-order valence-corrected chi connectivity index (χ3v) is 4.02. The Bertz CT molecular complexity index is 1050. The smallest absolute Gasteiger partial charge is 0.277 e. The predicted octanol–water partition coefficient (Wildman–Crippen LogP) is 4.21. The molecule has 30 heavy (non-hydrogen) atoms. The van der Waals surface area contributed by atoms with Crippen LogP contribution in [0.1, 0.15) is 11.1 Å². The molecule has 0 heterocycles. The average Bonchev–Trinajstić information content (AvgIpc) is 2.79. The van der Waals surface area contributed by atoms with E-state index in [4.69, 9.17) is 4.74 Å². The molecule has 0 bridgehead atoms. The number of benzene rings is 3. The molecule has 0 aliphatic heterocycles. The van der Waals surface area contributed by atoms with Crippen molar-refractivity contribution in [2.75, 3.05) is 6.61 Å². The summed E-state index contributed by atoms with van der Waals surface area (Å²) in [5.41, 5.74) is 4.88. The van der Waals surface area contributed by atoms with Gasteiger partial charge in [-0.15, -0.1) is 0 Å². The van der Waals surface area contributed by atoms with Crippen LogP contribution in [0.3, 0.4) is 0 Å². The van der Waals surface area contributed by atoms with Crippen LogP contribution in [0.4, 0.5) is 5.69 Å². The maximum Gasteiger partial charge on any atom is 0.277 e. The van der Waals surface area contributed by atoms with E-state index in [1.165, 1.54) is 24.3 Å². The van der Waals surface area contributed by atoms with Gasteiger partial charge in [-0.3, -0.25) is 14.9 Å². The third-order valence-electron chi connectivity index (χ3n) is 4.02. The van der Waals surface area contributed by atoms with Gasteiger partial charge in [0.2, 0.25) is 0 Å².